The normalized spacial score (nSPS) is 15.7. The van der Waals surface area contributed by atoms with Gasteiger partial charge in [0, 0.05) is 22.9 Å². The van der Waals surface area contributed by atoms with E-state index in [1.54, 1.807) is 6.07 Å². The number of halogens is 2. The second-order valence-corrected chi connectivity index (χ2v) is 5.75. The highest BCUT2D eigenvalue weighted by atomic mass is 35.5. The third-order valence-corrected chi connectivity index (χ3v) is 3.93. The Balaban J connectivity index is 2.18. The zero-order valence-electron chi connectivity index (χ0n) is 10.1. The van der Waals surface area contributed by atoms with Gasteiger partial charge in [-0.25, -0.2) is 10.5 Å². The maximum Gasteiger partial charge on any atom is 0.0990 e. The van der Waals surface area contributed by atoms with Crippen LogP contribution in [0, 0.1) is 0 Å². The highest BCUT2D eigenvalue weighted by Crippen LogP contribution is 2.24. The molecule has 1 aromatic carbocycles. The van der Waals surface area contributed by atoms with E-state index in [9.17, 15) is 0 Å². The van der Waals surface area contributed by atoms with Crippen LogP contribution in [0.4, 0.5) is 0 Å². The molecule has 0 bridgehead atoms. The minimum Gasteiger partial charge on any atom is -0.219 e. The molecule has 98 valence electrons. The molecule has 0 saturated heterocycles. The Labute approximate surface area is 121 Å². The molecule has 6 heteroatoms. The Bertz CT molecular complexity index is 451. The van der Waals surface area contributed by atoms with Gasteiger partial charge >= 0.3 is 0 Å². The molecule has 0 spiro atoms. The van der Waals surface area contributed by atoms with Crippen LogP contribution in [-0.4, -0.2) is 29.0 Å². The lowest BCUT2D eigenvalue weighted by Gasteiger charge is -2.25. The molecule has 0 amide bonds. The maximum atomic E-state index is 6.20. The lowest BCUT2D eigenvalue weighted by atomic mass is 10.1. The van der Waals surface area contributed by atoms with Gasteiger partial charge in [-0.3, -0.25) is 0 Å². The molecule has 0 atom stereocenters. The van der Waals surface area contributed by atoms with E-state index in [2.05, 4.69) is 17.5 Å². The van der Waals surface area contributed by atoms with Gasteiger partial charge in [-0.1, -0.05) is 36.2 Å². The van der Waals surface area contributed by atoms with Crippen LogP contribution in [0.2, 0.25) is 10.0 Å². The molecule has 18 heavy (non-hydrogen) atoms. The van der Waals surface area contributed by atoms with Gasteiger partial charge in [-0.05, 0) is 18.6 Å². The first kappa shape index (κ1) is 14.0. The van der Waals surface area contributed by atoms with Crippen molar-refractivity contribution < 1.29 is 0 Å². The maximum absolute atomic E-state index is 6.20. The number of hydrazone groups is 1. The third kappa shape index (κ3) is 3.54. The second kappa shape index (κ2) is 6.66. The molecular weight excluding hydrogens is 289 g/mol. The van der Waals surface area contributed by atoms with Gasteiger partial charge in [-0.2, -0.15) is 5.10 Å². The van der Waals surface area contributed by atoms with Crippen LogP contribution in [-0.2, 0) is 0 Å². The summed E-state index contributed by atoms with van der Waals surface area (Å²) in [4.78, 5) is 0. The SMILES string of the molecule is CCCNN1CSCC(c2ccc(Cl)cc2Cl)=N1. The minimum atomic E-state index is 0.647. The summed E-state index contributed by atoms with van der Waals surface area (Å²) < 4.78 is 0. The number of thioether (sulfide) groups is 1. The van der Waals surface area contributed by atoms with Crippen molar-refractivity contribution in [1.29, 1.82) is 0 Å². The van der Waals surface area contributed by atoms with E-state index < -0.39 is 0 Å². The van der Waals surface area contributed by atoms with Crippen molar-refractivity contribution in [2.75, 3.05) is 18.2 Å². The number of hydrogen-bond acceptors (Lipinski definition) is 4. The molecule has 0 saturated carbocycles. The van der Waals surface area contributed by atoms with E-state index in [-0.39, 0.29) is 0 Å². The fourth-order valence-corrected chi connectivity index (χ4v) is 2.95. The average molecular weight is 304 g/mol. The first-order chi connectivity index (χ1) is 8.70. The van der Waals surface area contributed by atoms with E-state index in [4.69, 9.17) is 23.2 Å². The molecule has 1 aromatic rings. The van der Waals surface area contributed by atoms with Gasteiger partial charge in [0.15, 0.2) is 0 Å². The van der Waals surface area contributed by atoms with E-state index in [0.29, 0.717) is 10.0 Å². The quantitative estimate of drug-likeness (QED) is 0.920. The van der Waals surface area contributed by atoms with Crippen LogP contribution in [0.3, 0.4) is 0 Å². The molecule has 1 heterocycles. The molecule has 1 aliphatic rings. The number of nitrogens with zero attached hydrogens (tertiary/aromatic N) is 2. The second-order valence-electron chi connectivity index (χ2n) is 3.96. The lowest BCUT2D eigenvalue weighted by Crippen LogP contribution is -2.37. The van der Waals surface area contributed by atoms with E-state index >= 15 is 0 Å². The topological polar surface area (TPSA) is 27.6 Å². The molecule has 2 rings (SSSR count). The predicted octanol–water partition coefficient (Wildman–Crippen LogP) is 3.62. The first-order valence-electron chi connectivity index (χ1n) is 5.82. The Kier molecular flexibility index (Phi) is 5.18. The molecule has 3 nitrogen and oxygen atoms in total. The molecule has 1 aliphatic heterocycles. The lowest BCUT2D eigenvalue weighted by molar-refractivity contribution is 0.234. The Morgan fingerprint density at radius 3 is 3.00 bits per heavy atom. The monoisotopic (exact) mass is 303 g/mol. The number of hydrazine groups is 1. The summed E-state index contributed by atoms with van der Waals surface area (Å²) >= 11 is 13.9. The Hall–Kier alpha value is -0.420. The highest BCUT2D eigenvalue weighted by Gasteiger charge is 2.16. The fourth-order valence-electron chi connectivity index (χ4n) is 1.61. The average Bonchev–Trinajstić information content (AvgIpc) is 2.36. The summed E-state index contributed by atoms with van der Waals surface area (Å²) in [6.45, 7) is 3.05. The number of benzene rings is 1. The zero-order valence-corrected chi connectivity index (χ0v) is 12.4. The smallest absolute Gasteiger partial charge is 0.0990 e. The summed E-state index contributed by atoms with van der Waals surface area (Å²) in [6, 6.07) is 5.52. The van der Waals surface area contributed by atoms with Crippen LogP contribution in [0.5, 0.6) is 0 Å². The summed E-state index contributed by atoms with van der Waals surface area (Å²) in [5, 5.41) is 7.74. The van der Waals surface area contributed by atoms with Crippen molar-refractivity contribution in [2.45, 2.75) is 13.3 Å². The highest BCUT2D eigenvalue weighted by molar-refractivity contribution is 8.00. The Morgan fingerprint density at radius 2 is 2.28 bits per heavy atom. The molecule has 0 fully saturated rings. The zero-order chi connectivity index (χ0) is 13.0. The summed E-state index contributed by atoms with van der Waals surface area (Å²) in [5.74, 6) is 1.72. The first-order valence-corrected chi connectivity index (χ1v) is 7.73. The number of rotatable bonds is 4. The van der Waals surface area contributed by atoms with Crippen molar-refractivity contribution in [1.82, 2.24) is 10.5 Å². The largest absolute Gasteiger partial charge is 0.219 e. The summed E-state index contributed by atoms with van der Waals surface area (Å²) in [7, 11) is 0. The molecular formula is C12H15Cl2N3S. The van der Waals surface area contributed by atoms with Crippen molar-refractivity contribution in [3.8, 4) is 0 Å². The fraction of sp³-hybridized carbons (Fsp3) is 0.417. The number of hydrogen-bond donors (Lipinski definition) is 1. The number of nitrogens with one attached hydrogen (secondary N) is 1. The van der Waals surface area contributed by atoms with E-state index in [1.807, 2.05) is 29.0 Å². The third-order valence-electron chi connectivity index (χ3n) is 2.48. The van der Waals surface area contributed by atoms with Crippen molar-refractivity contribution in [2.24, 2.45) is 5.10 Å². The van der Waals surface area contributed by atoms with Crippen molar-refractivity contribution >= 4 is 40.7 Å². The van der Waals surface area contributed by atoms with Crippen LogP contribution >= 0.6 is 35.0 Å². The van der Waals surface area contributed by atoms with Gasteiger partial charge in [0.05, 0.1) is 16.6 Å². The summed E-state index contributed by atoms with van der Waals surface area (Å²) in [6.07, 6.45) is 1.08. The van der Waals surface area contributed by atoms with Crippen LogP contribution in [0.15, 0.2) is 23.3 Å². The van der Waals surface area contributed by atoms with Crippen LogP contribution in [0.25, 0.3) is 0 Å². The Morgan fingerprint density at radius 1 is 1.44 bits per heavy atom. The van der Waals surface area contributed by atoms with E-state index in [1.165, 1.54) is 0 Å². The predicted molar refractivity (Wildman–Crippen MR) is 80.5 cm³/mol. The van der Waals surface area contributed by atoms with E-state index in [0.717, 1.165) is 35.9 Å². The molecule has 0 aliphatic carbocycles. The molecule has 0 aromatic heterocycles. The molecule has 0 unspecified atom stereocenters. The van der Waals surface area contributed by atoms with Gasteiger partial charge in [-0.15, -0.1) is 11.8 Å². The van der Waals surface area contributed by atoms with Gasteiger partial charge < -0.3 is 0 Å². The van der Waals surface area contributed by atoms with Gasteiger partial charge in [0.1, 0.15) is 0 Å². The standard InChI is InChI=1S/C12H15Cl2N3S/c1-2-5-15-17-8-18-7-12(16-17)10-4-3-9(13)6-11(10)14/h3-4,6,15H,2,5,7-8H2,1H3. The van der Waals surface area contributed by atoms with Crippen LogP contribution < -0.4 is 5.43 Å². The molecule has 0 radical (unpaired) electrons. The van der Waals surface area contributed by atoms with Crippen LogP contribution in [0.1, 0.15) is 18.9 Å². The van der Waals surface area contributed by atoms with Gasteiger partial charge in [0.25, 0.3) is 0 Å². The minimum absolute atomic E-state index is 0.647. The summed E-state index contributed by atoms with van der Waals surface area (Å²) in [5.41, 5.74) is 5.20. The van der Waals surface area contributed by atoms with Crippen molar-refractivity contribution in [3.05, 3.63) is 33.8 Å². The van der Waals surface area contributed by atoms with Gasteiger partial charge in [0.2, 0.25) is 0 Å². The molecule has 1 N–H and O–H groups in total. The van der Waals surface area contributed by atoms with Crippen molar-refractivity contribution in [3.63, 3.8) is 0 Å².